The van der Waals surface area contributed by atoms with Crippen molar-refractivity contribution in [3.05, 3.63) is 65.4 Å². The maximum atomic E-state index is 13.3. The maximum absolute atomic E-state index is 13.3. The van der Waals surface area contributed by atoms with E-state index in [0.29, 0.717) is 30.2 Å². The molecule has 0 spiro atoms. The van der Waals surface area contributed by atoms with Gasteiger partial charge in [-0.15, -0.1) is 0 Å². The minimum atomic E-state index is -0.980. The third kappa shape index (κ3) is 3.54. The van der Waals surface area contributed by atoms with Crippen LogP contribution in [0.15, 0.2) is 48.5 Å². The van der Waals surface area contributed by atoms with E-state index in [1.54, 1.807) is 24.1 Å². The number of hydrogen-bond donors (Lipinski definition) is 1. The number of rotatable bonds is 5. The summed E-state index contributed by atoms with van der Waals surface area (Å²) in [5.41, 5.74) is 2.74. The Morgan fingerprint density at radius 3 is 2.57 bits per heavy atom. The Hall–Kier alpha value is -3.61. The lowest BCUT2D eigenvalue weighted by Gasteiger charge is -2.37. The van der Waals surface area contributed by atoms with Gasteiger partial charge in [0.05, 0.1) is 32.2 Å². The molecule has 1 aliphatic rings. The van der Waals surface area contributed by atoms with Crippen molar-refractivity contribution in [1.82, 2.24) is 9.88 Å². The van der Waals surface area contributed by atoms with Gasteiger partial charge in [0.25, 0.3) is 5.91 Å². The normalized spacial score (nSPS) is 15.5. The monoisotopic (exact) mass is 406 g/mol. The minimum Gasteiger partial charge on any atom is -0.493 e. The molecule has 1 aromatic heterocycles. The summed E-state index contributed by atoms with van der Waals surface area (Å²) in [4.78, 5) is 31.1. The summed E-state index contributed by atoms with van der Waals surface area (Å²) in [6.45, 7) is 0.397. The highest BCUT2D eigenvalue weighted by molar-refractivity contribution is 5.95. The van der Waals surface area contributed by atoms with Gasteiger partial charge in [-0.05, 0) is 41.8 Å². The summed E-state index contributed by atoms with van der Waals surface area (Å²) in [5, 5.41) is 10.5. The molecule has 1 aliphatic heterocycles. The second kappa shape index (κ2) is 8.02. The molecule has 7 heteroatoms. The molecule has 1 atom stereocenters. The Bertz CT molecular complexity index is 1130. The number of nitrogens with zero attached hydrogens (tertiary/aromatic N) is 2. The quantitative estimate of drug-likeness (QED) is 0.698. The third-order valence-corrected chi connectivity index (χ3v) is 5.45. The van der Waals surface area contributed by atoms with Crippen molar-refractivity contribution in [1.29, 1.82) is 0 Å². The molecule has 2 aromatic carbocycles. The van der Waals surface area contributed by atoms with Crippen molar-refractivity contribution in [2.45, 2.75) is 18.9 Å². The van der Waals surface area contributed by atoms with Crippen LogP contribution in [0.4, 0.5) is 0 Å². The highest BCUT2D eigenvalue weighted by atomic mass is 16.5. The number of carbonyl (C=O) groups excluding carboxylic acids is 1. The van der Waals surface area contributed by atoms with E-state index >= 15 is 0 Å². The Labute approximate surface area is 173 Å². The number of ether oxygens (including phenoxy) is 2. The average Bonchev–Trinajstić information content (AvgIpc) is 2.77. The number of benzene rings is 2. The fourth-order valence-electron chi connectivity index (χ4n) is 3.99. The van der Waals surface area contributed by atoms with Gasteiger partial charge in [-0.1, -0.05) is 24.3 Å². The number of aliphatic carboxylic acids is 1. The summed E-state index contributed by atoms with van der Waals surface area (Å²) in [6, 6.07) is 14.1. The van der Waals surface area contributed by atoms with E-state index in [2.05, 4.69) is 4.98 Å². The maximum Gasteiger partial charge on any atom is 0.305 e. The van der Waals surface area contributed by atoms with Crippen molar-refractivity contribution in [2.75, 3.05) is 20.8 Å². The zero-order valence-corrected chi connectivity index (χ0v) is 16.8. The van der Waals surface area contributed by atoms with Gasteiger partial charge < -0.3 is 19.5 Å². The van der Waals surface area contributed by atoms with Crippen molar-refractivity contribution >= 4 is 22.8 Å². The fourth-order valence-corrected chi connectivity index (χ4v) is 3.99. The number of amides is 1. The zero-order chi connectivity index (χ0) is 21.3. The van der Waals surface area contributed by atoms with E-state index < -0.39 is 12.0 Å². The molecule has 4 rings (SSSR count). The molecule has 0 fully saturated rings. The Balaban J connectivity index is 1.75. The smallest absolute Gasteiger partial charge is 0.305 e. The molecular formula is C23H22N2O5. The van der Waals surface area contributed by atoms with E-state index in [1.807, 2.05) is 36.4 Å². The van der Waals surface area contributed by atoms with Crippen LogP contribution in [-0.4, -0.2) is 47.6 Å². The Kier molecular flexibility index (Phi) is 5.27. The van der Waals surface area contributed by atoms with E-state index in [4.69, 9.17) is 9.47 Å². The fraction of sp³-hybridized carbons (Fsp3) is 0.261. The second-order valence-electron chi connectivity index (χ2n) is 7.16. The number of para-hydroxylation sites is 1. The van der Waals surface area contributed by atoms with Gasteiger partial charge in [0.2, 0.25) is 0 Å². The molecule has 1 unspecified atom stereocenters. The predicted molar refractivity (Wildman–Crippen MR) is 111 cm³/mol. The number of hydrogen-bond acceptors (Lipinski definition) is 5. The van der Waals surface area contributed by atoms with Gasteiger partial charge in [-0.3, -0.25) is 9.59 Å². The first-order valence-electron chi connectivity index (χ1n) is 9.65. The van der Waals surface area contributed by atoms with Gasteiger partial charge in [0.15, 0.2) is 11.5 Å². The van der Waals surface area contributed by atoms with Crippen molar-refractivity contribution in [2.24, 2.45) is 0 Å². The molecule has 0 aliphatic carbocycles. The number of aromatic nitrogens is 1. The molecule has 0 saturated carbocycles. The van der Waals surface area contributed by atoms with E-state index in [1.165, 1.54) is 7.11 Å². The van der Waals surface area contributed by atoms with E-state index in [-0.39, 0.29) is 12.3 Å². The standard InChI is InChI=1S/C23H22N2O5/c1-29-20-11-15-9-10-25(19(13-22(26)27)16(15)12-21(20)30-2)23(28)18-8-7-14-5-3-4-6-17(14)24-18/h3-8,11-12,19H,9-10,13H2,1-2H3,(H,26,27). The van der Waals surface area contributed by atoms with Crippen LogP contribution in [0.5, 0.6) is 11.5 Å². The molecule has 30 heavy (non-hydrogen) atoms. The molecule has 3 aromatic rings. The summed E-state index contributed by atoms with van der Waals surface area (Å²) < 4.78 is 10.8. The van der Waals surface area contributed by atoms with Gasteiger partial charge in [-0.2, -0.15) is 0 Å². The van der Waals surface area contributed by atoms with Gasteiger partial charge in [0.1, 0.15) is 5.69 Å². The van der Waals surface area contributed by atoms with Crippen LogP contribution in [0.2, 0.25) is 0 Å². The first-order chi connectivity index (χ1) is 14.5. The van der Waals surface area contributed by atoms with Gasteiger partial charge >= 0.3 is 5.97 Å². The highest BCUT2D eigenvalue weighted by Gasteiger charge is 2.34. The largest absolute Gasteiger partial charge is 0.493 e. The lowest BCUT2D eigenvalue weighted by atomic mass is 9.89. The van der Waals surface area contributed by atoms with Crippen LogP contribution in [-0.2, 0) is 11.2 Å². The average molecular weight is 406 g/mol. The number of methoxy groups -OCH3 is 2. The van der Waals surface area contributed by atoms with Gasteiger partial charge in [-0.25, -0.2) is 4.98 Å². The molecule has 154 valence electrons. The summed E-state index contributed by atoms with van der Waals surface area (Å²) >= 11 is 0. The number of carbonyl (C=O) groups is 2. The molecular weight excluding hydrogens is 384 g/mol. The lowest BCUT2D eigenvalue weighted by molar-refractivity contribution is -0.138. The van der Waals surface area contributed by atoms with Crippen molar-refractivity contribution < 1.29 is 24.2 Å². The molecule has 0 saturated heterocycles. The molecule has 7 nitrogen and oxygen atoms in total. The summed E-state index contributed by atoms with van der Waals surface area (Å²) in [7, 11) is 3.09. The second-order valence-corrected chi connectivity index (χ2v) is 7.16. The zero-order valence-electron chi connectivity index (χ0n) is 16.8. The summed E-state index contributed by atoms with van der Waals surface area (Å²) in [5.74, 6) is -0.176. The van der Waals surface area contributed by atoms with E-state index in [9.17, 15) is 14.7 Å². The summed E-state index contributed by atoms with van der Waals surface area (Å²) in [6.07, 6.45) is 0.382. The van der Waals surface area contributed by atoms with Crippen LogP contribution in [0.1, 0.15) is 34.1 Å². The van der Waals surface area contributed by atoms with Crippen molar-refractivity contribution in [3.63, 3.8) is 0 Å². The number of carboxylic acids is 1. The van der Waals surface area contributed by atoms with Crippen LogP contribution in [0.3, 0.4) is 0 Å². The lowest BCUT2D eigenvalue weighted by Crippen LogP contribution is -2.41. The van der Waals surface area contributed by atoms with Crippen LogP contribution in [0, 0.1) is 0 Å². The predicted octanol–water partition coefficient (Wildman–Crippen LogP) is 3.47. The first kappa shape index (κ1) is 19.7. The highest BCUT2D eigenvalue weighted by Crippen LogP contribution is 2.40. The first-order valence-corrected chi connectivity index (χ1v) is 9.65. The number of carboxylic acid groups (broad SMARTS) is 1. The van der Waals surface area contributed by atoms with Gasteiger partial charge in [0, 0.05) is 11.9 Å². The molecule has 0 bridgehead atoms. The minimum absolute atomic E-state index is 0.207. The SMILES string of the molecule is COc1cc2c(cc1OC)C(CC(=O)O)N(C(=O)c1ccc3ccccc3n1)CC2. The molecule has 1 N–H and O–H groups in total. The topological polar surface area (TPSA) is 89.0 Å². The van der Waals surface area contributed by atoms with Crippen LogP contribution in [0.25, 0.3) is 10.9 Å². The number of fused-ring (bicyclic) bond motifs is 2. The molecule has 0 radical (unpaired) electrons. The van der Waals surface area contributed by atoms with Crippen LogP contribution >= 0.6 is 0 Å². The van der Waals surface area contributed by atoms with Crippen LogP contribution < -0.4 is 9.47 Å². The molecule has 1 amide bonds. The third-order valence-electron chi connectivity index (χ3n) is 5.45. The Morgan fingerprint density at radius 2 is 1.83 bits per heavy atom. The number of pyridine rings is 1. The Morgan fingerprint density at radius 1 is 1.10 bits per heavy atom. The van der Waals surface area contributed by atoms with Crippen molar-refractivity contribution in [3.8, 4) is 11.5 Å². The molecule has 2 heterocycles. The van der Waals surface area contributed by atoms with E-state index in [0.717, 1.165) is 22.0 Å².